The molecule has 3 nitrogen and oxygen atoms in total. The molecular weight excluding hydrogens is 246 g/mol. The van der Waals surface area contributed by atoms with E-state index >= 15 is 0 Å². The van der Waals surface area contributed by atoms with Crippen LogP contribution in [0.5, 0.6) is 0 Å². The summed E-state index contributed by atoms with van der Waals surface area (Å²) in [5.41, 5.74) is 7.47. The number of aromatic carboxylic acids is 1. The largest absolute Gasteiger partial charge is 0.478 e. The van der Waals surface area contributed by atoms with Crippen molar-refractivity contribution in [2.24, 2.45) is 0 Å². The predicted molar refractivity (Wildman–Crippen MR) is 73.1 cm³/mol. The van der Waals surface area contributed by atoms with Gasteiger partial charge in [-0.15, -0.1) is 0 Å². The zero-order chi connectivity index (χ0) is 13.1. The van der Waals surface area contributed by atoms with E-state index in [2.05, 4.69) is 0 Å². The standard InChI is InChI=1S/C14H13NO2S/c1-9-8-12(6-7-13(9)14(16)17)18-11-4-2-10(15)3-5-11/h2-8H,15H2,1H3,(H,16,17). The van der Waals surface area contributed by atoms with Crippen molar-refractivity contribution in [3.8, 4) is 0 Å². The lowest BCUT2D eigenvalue weighted by Crippen LogP contribution is -1.98. The summed E-state index contributed by atoms with van der Waals surface area (Å²) in [6.45, 7) is 1.80. The first-order valence-electron chi connectivity index (χ1n) is 5.43. The highest BCUT2D eigenvalue weighted by Gasteiger charge is 2.07. The molecule has 0 aromatic heterocycles. The molecule has 0 aliphatic carbocycles. The van der Waals surface area contributed by atoms with Crippen LogP contribution in [-0.4, -0.2) is 11.1 Å². The lowest BCUT2D eigenvalue weighted by Gasteiger charge is -2.05. The molecule has 0 fully saturated rings. The zero-order valence-electron chi connectivity index (χ0n) is 9.88. The number of hydrogen-bond acceptors (Lipinski definition) is 3. The molecule has 2 rings (SSSR count). The number of nitrogen functional groups attached to an aromatic ring is 1. The summed E-state index contributed by atoms with van der Waals surface area (Å²) in [7, 11) is 0. The highest BCUT2D eigenvalue weighted by molar-refractivity contribution is 7.99. The fourth-order valence-corrected chi connectivity index (χ4v) is 2.53. The Kier molecular flexibility index (Phi) is 3.58. The summed E-state index contributed by atoms with van der Waals surface area (Å²) >= 11 is 1.58. The third-order valence-electron chi connectivity index (χ3n) is 2.54. The molecule has 0 amide bonds. The van der Waals surface area contributed by atoms with Gasteiger partial charge in [0.25, 0.3) is 0 Å². The van der Waals surface area contributed by atoms with Gasteiger partial charge in [0.2, 0.25) is 0 Å². The highest BCUT2D eigenvalue weighted by Crippen LogP contribution is 2.29. The van der Waals surface area contributed by atoms with Crippen molar-refractivity contribution in [3.63, 3.8) is 0 Å². The molecule has 0 unspecified atom stereocenters. The number of rotatable bonds is 3. The van der Waals surface area contributed by atoms with Crippen molar-refractivity contribution in [2.75, 3.05) is 5.73 Å². The third kappa shape index (κ3) is 2.84. The van der Waals surface area contributed by atoms with Crippen molar-refractivity contribution in [2.45, 2.75) is 16.7 Å². The molecule has 0 atom stereocenters. The molecule has 0 saturated carbocycles. The molecule has 3 N–H and O–H groups in total. The Morgan fingerprint density at radius 3 is 2.28 bits per heavy atom. The summed E-state index contributed by atoms with van der Waals surface area (Å²) in [5.74, 6) is -0.892. The Labute approximate surface area is 110 Å². The second-order valence-corrected chi connectivity index (χ2v) is 5.10. The Morgan fingerprint density at radius 1 is 1.11 bits per heavy atom. The Balaban J connectivity index is 2.22. The number of carboxylic acids is 1. The maximum Gasteiger partial charge on any atom is 0.335 e. The minimum Gasteiger partial charge on any atom is -0.478 e. The zero-order valence-corrected chi connectivity index (χ0v) is 10.7. The summed E-state index contributed by atoms with van der Waals surface area (Å²) in [5, 5.41) is 8.96. The Bertz CT molecular complexity index is 579. The lowest BCUT2D eigenvalue weighted by molar-refractivity contribution is 0.0696. The van der Waals surface area contributed by atoms with E-state index in [0.717, 1.165) is 21.0 Å². The van der Waals surface area contributed by atoms with Crippen molar-refractivity contribution in [3.05, 3.63) is 53.6 Å². The molecule has 18 heavy (non-hydrogen) atoms. The van der Waals surface area contributed by atoms with Crippen LogP contribution in [0.25, 0.3) is 0 Å². The van der Waals surface area contributed by atoms with Gasteiger partial charge >= 0.3 is 5.97 Å². The molecule has 0 saturated heterocycles. The van der Waals surface area contributed by atoms with Gasteiger partial charge in [-0.25, -0.2) is 4.79 Å². The van der Waals surface area contributed by atoms with Crippen molar-refractivity contribution in [1.29, 1.82) is 0 Å². The van der Waals surface area contributed by atoms with Crippen LogP contribution < -0.4 is 5.73 Å². The maximum absolute atomic E-state index is 10.9. The van der Waals surface area contributed by atoms with Gasteiger partial charge in [-0.3, -0.25) is 0 Å². The minimum atomic E-state index is -0.892. The average Bonchev–Trinajstić information content (AvgIpc) is 2.32. The average molecular weight is 259 g/mol. The van der Waals surface area contributed by atoms with Gasteiger partial charge in [0.15, 0.2) is 0 Å². The van der Waals surface area contributed by atoms with Crippen LogP contribution in [0.15, 0.2) is 52.3 Å². The molecule has 2 aromatic carbocycles. The Morgan fingerprint density at radius 2 is 1.72 bits per heavy atom. The first-order chi connectivity index (χ1) is 8.56. The maximum atomic E-state index is 10.9. The first-order valence-corrected chi connectivity index (χ1v) is 6.25. The molecular formula is C14H13NO2S. The quantitative estimate of drug-likeness (QED) is 0.829. The summed E-state index contributed by atoms with van der Waals surface area (Å²) < 4.78 is 0. The minimum absolute atomic E-state index is 0.344. The summed E-state index contributed by atoms with van der Waals surface area (Å²) in [6.07, 6.45) is 0. The number of carbonyl (C=O) groups is 1. The van der Waals surface area contributed by atoms with Crippen LogP contribution in [-0.2, 0) is 0 Å². The Hall–Kier alpha value is -1.94. The topological polar surface area (TPSA) is 63.3 Å². The van der Waals surface area contributed by atoms with Gasteiger partial charge in [0.1, 0.15) is 0 Å². The molecule has 0 heterocycles. The fraction of sp³-hybridized carbons (Fsp3) is 0.0714. The number of anilines is 1. The number of hydrogen-bond donors (Lipinski definition) is 2. The van der Waals surface area contributed by atoms with Gasteiger partial charge < -0.3 is 10.8 Å². The van der Waals surface area contributed by atoms with Crippen LogP contribution in [0.3, 0.4) is 0 Å². The van der Waals surface area contributed by atoms with Gasteiger partial charge in [-0.05, 0) is 55.0 Å². The second kappa shape index (κ2) is 5.14. The summed E-state index contributed by atoms with van der Waals surface area (Å²) in [4.78, 5) is 13.0. The van der Waals surface area contributed by atoms with Gasteiger partial charge in [-0.1, -0.05) is 11.8 Å². The van der Waals surface area contributed by atoms with Gasteiger partial charge in [0, 0.05) is 15.5 Å². The molecule has 2 aromatic rings. The molecule has 0 aliphatic heterocycles. The SMILES string of the molecule is Cc1cc(Sc2ccc(N)cc2)ccc1C(=O)O. The van der Waals surface area contributed by atoms with E-state index in [4.69, 9.17) is 10.8 Å². The molecule has 0 bridgehead atoms. The third-order valence-corrected chi connectivity index (χ3v) is 3.54. The van der Waals surface area contributed by atoms with Crippen molar-refractivity contribution in [1.82, 2.24) is 0 Å². The molecule has 0 radical (unpaired) electrons. The molecule has 92 valence electrons. The van der Waals surface area contributed by atoms with Crippen LogP contribution in [0.2, 0.25) is 0 Å². The highest BCUT2D eigenvalue weighted by atomic mass is 32.2. The van der Waals surface area contributed by atoms with Crippen LogP contribution in [0.4, 0.5) is 5.69 Å². The van der Waals surface area contributed by atoms with Crippen LogP contribution in [0, 0.1) is 6.92 Å². The monoisotopic (exact) mass is 259 g/mol. The predicted octanol–water partition coefficient (Wildman–Crippen LogP) is 3.43. The second-order valence-electron chi connectivity index (χ2n) is 3.95. The smallest absolute Gasteiger partial charge is 0.335 e. The molecule has 4 heteroatoms. The lowest BCUT2D eigenvalue weighted by atomic mass is 10.1. The molecule has 0 aliphatic rings. The van der Waals surface area contributed by atoms with Gasteiger partial charge in [-0.2, -0.15) is 0 Å². The van der Waals surface area contributed by atoms with Crippen molar-refractivity contribution >= 4 is 23.4 Å². The van der Waals surface area contributed by atoms with Crippen LogP contribution >= 0.6 is 11.8 Å². The van der Waals surface area contributed by atoms with Crippen molar-refractivity contribution < 1.29 is 9.90 Å². The number of benzene rings is 2. The van der Waals surface area contributed by atoms with E-state index in [9.17, 15) is 4.79 Å². The van der Waals surface area contributed by atoms with Gasteiger partial charge in [0.05, 0.1) is 5.56 Å². The van der Waals surface area contributed by atoms with E-state index in [-0.39, 0.29) is 0 Å². The van der Waals surface area contributed by atoms with Crippen LogP contribution in [0.1, 0.15) is 15.9 Å². The van der Waals surface area contributed by atoms with E-state index in [0.29, 0.717) is 5.56 Å². The number of aryl methyl sites for hydroxylation is 1. The molecule has 0 spiro atoms. The first kappa shape index (κ1) is 12.5. The normalized spacial score (nSPS) is 10.3. The van der Waals surface area contributed by atoms with E-state index < -0.39 is 5.97 Å². The summed E-state index contributed by atoms with van der Waals surface area (Å²) in [6, 6.07) is 12.9. The number of nitrogens with two attached hydrogens (primary N) is 1. The van der Waals surface area contributed by atoms with E-state index in [1.807, 2.05) is 36.4 Å². The number of carboxylic acid groups (broad SMARTS) is 1. The van der Waals surface area contributed by atoms with E-state index in [1.54, 1.807) is 24.8 Å². The van der Waals surface area contributed by atoms with E-state index in [1.165, 1.54) is 0 Å². The fourth-order valence-electron chi connectivity index (χ4n) is 1.61.